The van der Waals surface area contributed by atoms with E-state index in [9.17, 15) is 9.90 Å². The van der Waals surface area contributed by atoms with Gasteiger partial charge < -0.3 is 15.0 Å². The van der Waals surface area contributed by atoms with Crippen LogP contribution in [0.2, 0.25) is 5.02 Å². The summed E-state index contributed by atoms with van der Waals surface area (Å²) in [6.07, 6.45) is 6.70. The molecule has 4 rings (SSSR count). The maximum absolute atomic E-state index is 13.0. The molecule has 2 atom stereocenters. The Bertz CT molecular complexity index is 997. The highest BCUT2D eigenvalue weighted by molar-refractivity contribution is 6.30. The number of nitrogens with zero attached hydrogens (tertiary/aromatic N) is 2. The number of hydrogen-bond acceptors (Lipinski definition) is 3. The molecule has 1 aliphatic carbocycles. The zero-order valence-corrected chi connectivity index (χ0v) is 16.6. The molecule has 146 valence electrons. The molecule has 0 unspecified atom stereocenters. The smallest absolute Gasteiger partial charge is 0.255 e. The number of carbonyl (C=O) groups excluding carboxylic acids is 1. The number of pyridine rings is 1. The number of hydrogen-bond donors (Lipinski definition) is 2. The van der Waals surface area contributed by atoms with Gasteiger partial charge in [0.25, 0.3) is 5.91 Å². The van der Waals surface area contributed by atoms with Gasteiger partial charge in [0.05, 0.1) is 23.2 Å². The summed E-state index contributed by atoms with van der Waals surface area (Å²) in [5, 5.41) is 13.9. The fraction of sp³-hybridized carbons (Fsp3) is 0.364. The van der Waals surface area contributed by atoms with E-state index in [2.05, 4.69) is 14.9 Å². The summed E-state index contributed by atoms with van der Waals surface area (Å²) >= 11 is 5.99. The van der Waals surface area contributed by atoms with Crippen molar-refractivity contribution in [3.05, 3.63) is 64.4 Å². The first-order valence-corrected chi connectivity index (χ1v) is 10.1. The second-order valence-corrected chi connectivity index (χ2v) is 7.99. The number of aliphatic hydroxyl groups is 1. The summed E-state index contributed by atoms with van der Waals surface area (Å²) in [4.78, 5) is 17.5. The van der Waals surface area contributed by atoms with Crippen LogP contribution in [-0.2, 0) is 6.54 Å². The van der Waals surface area contributed by atoms with E-state index in [4.69, 9.17) is 11.6 Å². The SMILES string of the molecule is Cc1ccnc2c(C(=O)N[C@H]3CCCC[C@@H]3O)cn(Cc3ccc(Cl)cc3)c12. The molecule has 1 saturated carbocycles. The lowest BCUT2D eigenvalue weighted by Gasteiger charge is -2.28. The number of nitrogens with one attached hydrogen (secondary N) is 1. The molecule has 0 radical (unpaired) electrons. The van der Waals surface area contributed by atoms with Crippen LogP contribution >= 0.6 is 11.6 Å². The summed E-state index contributed by atoms with van der Waals surface area (Å²) in [7, 11) is 0. The van der Waals surface area contributed by atoms with Crippen molar-refractivity contribution in [2.24, 2.45) is 0 Å². The monoisotopic (exact) mass is 397 g/mol. The molecule has 1 aromatic carbocycles. The van der Waals surface area contributed by atoms with Gasteiger partial charge in [-0.15, -0.1) is 0 Å². The van der Waals surface area contributed by atoms with E-state index in [-0.39, 0.29) is 11.9 Å². The highest BCUT2D eigenvalue weighted by atomic mass is 35.5. The number of benzene rings is 1. The first-order chi connectivity index (χ1) is 13.5. The van der Waals surface area contributed by atoms with Crippen LogP contribution in [0.5, 0.6) is 0 Å². The van der Waals surface area contributed by atoms with Crippen LogP contribution in [0.1, 0.15) is 47.2 Å². The van der Waals surface area contributed by atoms with Crippen molar-refractivity contribution in [3.63, 3.8) is 0 Å². The zero-order valence-electron chi connectivity index (χ0n) is 15.9. The first kappa shape index (κ1) is 19.0. The standard InChI is InChI=1S/C22H24ClN3O2/c1-14-10-11-24-20-17(22(28)25-18-4-2-3-5-19(18)27)13-26(21(14)20)12-15-6-8-16(23)9-7-15/h6-11,13,18-19,27H,2-5,12H2,1H3,(H,25,28)/t18-,19-/m0/s1. The molecule has 6 heteroatoms. The van der Waals surface area contributed by atoms with Crippen molar-refractivity contribution in [3.8, 4) is 0 Å². The third-order valence-electron chi connectivity index (χ3n) is 5.51. The minimum Gasteiger partial charge on any atom is -0.391 e. The lowest BCUT2D eigenvalue weighted by atomic mass is 9.92. The van der Waals surface area contributed by atoms with Gasteiger partial charge in [-0.3, -0.25) is 9.78 Å². The molecule has 28 heavy (non-hydrogen) atoms. The maximum atomic E-state index is 13.0. The number of aliphatic hydroxyl groups excluding tert-OH is 1. The van der Waals surface area contributed by atoms with Gasteiger partial charge in [0.15, 0.2) is 0 Å². The average Bonchev–Trinajstić information content (AvgIpc) is 3.05. The number of halogens is 1. The highest BCUT2D eigenvalue weighted by Gasteiger charge is 2.26. The van der Waals surface area contributed by atoms with Crippen LogP contribution in [0.3, 0.4) is 0 Å². The number of carbonyl (C=O) groups is 1. The van der Waals surface area contributed by atoms with Crippen molar-refractivity contribution >= 4 is 28.5 Å². The fourth-order valence-corrected chi connectivity index (χ4v) is 4.12. The minimum absolute atomic E-state index is 0.177. The van der Waals surface area contributed by atoms with Crippen molar-refractivity contribution in [2.45, 2.75) is 51.3 Å². The van der Waals surface area contributed by atoms with Crippen LogP contribution in [0.25, 0.3) is 11.0 Å². The molecule has 1 amide bonds. The molecular weight excluding hydrogens is 374 g/mol. The Morgan fingerprint density at radius 3 is 2.75 bits per heavy atom. The lowest BCUT2D eigenvalue weighted by molar-refractivity contribution is 0.0718. The Kier molecular flexibility index (Phi) is 5.38. The van der Waals surface area contributed by atoms with Crippen LogP contribution in [0.4, 0.5) is 0 Å². The molecule has 0 spiro atoms. The van der Waals surface area contributed by atoms with Crippen LogP contribution in [0.15, 0.2) is 42.7 Å². The van der Waals surface area contributed by atoms with E-state index in [1.165, 1.54) is 0 Å². The van der Waals surface area contributed by atoms with E-state index in [0.29, 0.717) is 22.6 Å². The van der Waals surface area contributed by atoms with Crippen LogP contribution < -0.4 is 5.32 Å². The first-order valence-electron chi connectivity index (χ1n) is 9.71. The van der Waals surface area contributed by atoms with E-state index >= 15 is 0 Å². The van der Waals surface area contributed by atoms with E-state index < -0.39 is 6.10 Å². The van der Waals surface area contributed by atoms with Gasteiger partial charge in [0.2, 0.25) is 0 Å². The molecule has 0 saturated heterocycles. The fourth-order valence-electron chi connectivity index (χ4n) is 3.99. The molecule has 0 bridgehead atoms. The molecule has 3 aromatic rings. The number of rotatable bonds is 4. The Balaban J connectivity index is 1.67. The molecule has 2 N–H and O–H groups in total. The summed E-state index contributed by atoms with van der Waals surface area (Å²) in [5.74, 6) is -0.177. The van der Waals surface area contributed by atoms with Gasteiger partial charge in [-0.2, -0.15) is 0 Å². The second-order valence-electron chi connectivity index (χ2n) is 7.55. The Labute approximate surface area is 169 Å². The largest absolute Gasteiger partial charge is 0.391 e. The predicted octanol–water partition coefficient (Wildman–Crippen LogP) is 4.08. The van der Waals surface area contributed by atoms with E-state index in [0.717, 1.165) is 42.3 Å². The zero-order chi connectivity index (χ0) is 19.7. The second kappa shape index (κ2) is 7.94. The Morgan fingerprint density at radius 2 is 2.00 bits per heavy atom. The van der Waals surface area contributed by atoms with Gasteiger partial charge in [0.1, 0.15) is 5.52 Å². The third-order valence-corrected chi connectivity index (χ3v) is 5.76. The quantitative estimate of drug-likeness (QED) is 0.697. The van der Waals surface area contributed by atoms with Gasteiger partial charge in [-0.05, 0) is 49.1 Å². The van der Waals surface area contributed by atoms with Crippen molar-refractivity contribution < 1.29 is 9.90 Å². The van der Waals surface area contributed by atoms with E-state index in [1.54, 1.807) is 6.20 Å². The highest BCUT2D eigenvalue weighted by Crippen LogP contribution is 2.25. The summed E-state index contributed by atoms with van der Waals surface area (Å²) in [5.41, 5.74) is 4.35. The van der Waals surface area contributed by atoms with E-state index in [1.807, 2.05) is 43.5 Å². The molecule has 2 heterocycles. The van der Waals surface area contributed by atoms with Gasteiger partial charge in [0, 0.05) is 24.0 Å². The number of aromatic nitrogens is 2. The van der Waals surface area contributed by atoms with Gasteiger partial charge in [-0.25, -0.2) is 0 Å². The molecule has 2 aromatic heterocycles. The van der Waals surface area contributed by atoms with Gasteiger partial charge >= 0.3 is 0 Å². The predicted molar refractivity (Wildman–Crippen MR) is 111 cm³/mol. The Hall–Kier alpha value is -2.37. The lowest BCUT2D eigenvalue weighted by Crippen LogP contribution is -2.45. The van der Waals surface area contributed by atoms with Crippen molar-refractivity contribution in [2.75, 3.05) is 0 Å². The Morgan fingerprint density at radius 1 is 1.25 bits per heavy atom. The molecule has 1 aliphatic rings. The number of fused-ring (bicyclic) bond motifs is 1. The van der Waals surface area contributed by atoms with Crippen LogP contribution in [0, 0.1) is 6.92 Å². The summed E-state index contributed by atoms with van der Waals surface area (Å²) < 4.78 is 2.06. The maximum Gasteiger partial charge on any atom is 0.255 e. The van der Waals surface area contributed by atoms with Crippen LogP contribution in [-0.4, -0.2) is 32.7 Å². The topological polar surface area (TPSA) is 67.2 Å². The molecule has 1 fully saturated rings. The molecule has 0 aliphatic heterocycles. The average molecular weight is 398 g/mol. The molecule has 5 nitrogen and oxygen atoms in total. The van der Waals surface area contributed by atoms with Crippen molar-refractivity contribution in [1.29, 1.82) is 0 Å². The van der Waals surface area contributed by atoms with Gasteiger partial charge in [-0.1, -0.05) is 36.6 Å². The van der Waals surface area contributed by atoms with Crippen molar-refractivity contribution in [1.82, 2.24) is 14.9 Å². The third kappa shape index (κ3) is 3.77. The number of amides is 1. The molecular formula is C22H24ClN3O2. The summed E-state index contributed by atoms with van der Waals surface area (Å²) in [6, 6.07) is 9.46. The normalized spacial score (nSPS) is 19.7. The summed E-state index contributed by atoms with van der Waals surface area (Å²) in [6.45, 7) is 2.65. The number of aryl methyl sites for hydroxylation is 1. The minimum atomic E-state index is -0.477.